The van der Waals surface area contributed by atoms with Crippen LogP contribution in [0.15, 0.2) is 36.9 Å². The molecule has 4 rings (SSSR count). The van der Waals surface area contributed by atoms with Crippen LogP contribution >= 0.6 is 0 Å². The normalized spacial score (nSPS) is 20.4. The van der Waals surface area contributed by atoms with Gasteiger partial charge in [-0.3, -0.25) is 9.67 Å². The van der Waals surface area contributed by atoms with Crippen molar-refractivity contribution in [1.82, 2.24) is 19.7 Å². The summed E-state index contributed by atoms with van der Waals surface area (Å²) in [6.07, 6.45) is 6.86. The van der Waals surface area contributed by atoms with E-state index in [9.17, 15) is 9.50 Å². The van der Waals surface area contributed by atoms with E-state index in [1.807, 2.05) is 16.9 Å². The molecule has 3 aromatic heterocycles. The average molecular weight is 355 g/mol. The number of fused-ring (bicyclic) bond motifs is 1. The molecule has 7 heteroatoms. The lowest BCUT2D eigenvalue weighted by molar-refractivity contribution is 0.227. The van der Waals surface area contributed by atoms with Crippen molar-refractivity contribution in [3.63, 3.8) is 0 Å². The molecule has 0 spiro atoms. The molecular formula is C19H22FN5O. The highest BCUT2D eigenvalue weighted by atomic mass is 19.1. The predicted molar refractivity (Wildman–Crippen MR) is 97.6 cm³/mol. The number of hydrogen-bond donors (Lipinski definition) is 1. The highest BCUT2D eigenvalue weighted by Crippen LogP contribution is 2.37. The Morgan fingerprint density at radius 1 is 1.27 bits per heavy atom. The fourth-order valence-corrected chi connectivity index (χ4v) is 3.70. The SMILES string of the molecule is CC(C)n1cc([C@@H]2CN(c3ccnc4cc(F)cnc34)C[C@H]2CO)cn1. The summed E-state index contributed by atoms with van der Waals surface area (Å²) < 4.78 is 15.4. The maximum absolute atomic E-state index is 13.5. The molecule has 0 aromatic carbocycles. The van der Waals surface area contributed by atoms with Gasteiger partial charge in [-0.15, -0.1) is 0 Å². The van der Waals surface area contributed by atoms with Crippen LogP contribution < -0.4 is 4.90 Å². The van der Waals surface area contributed by atoms with Crippen LogP contribution in [0, 0.1) is 11.7 Å². The van der Waals surface area contributed by atoms with Crippen LogP contribution in [0.5, 0.6) is 0 Å². The van der Waals surface area contributed by atoms with E-state index in [1.54, 1.807) is 6.20 Å². The molecule has 0 unspecified atom stereocenters. The molecule has 3 aromatic rings. The largest absolute Gasteiger partial charge is 0.396 e. The molecule has 1 aliphatic heterocycles. The molecule has 2 atom stereocenters. The Morgan fingerprint density at radius 3 is 2.85 bits per heavy atom. The zero-order valence-electron chi connectivity index (χ0n) is 14.9. The molecule has 1 aliphatic rings. The Labute approximate surface area is 151 Å². The van der Waals surface area contributed by atoms with Gasteiger partial charge in [0.25, 0.3) is 0 Å². The molecule has 1 fully saturated rings. The van der Waals surface area contributed by atoms with Crippen molar-refractivity contribution in [2.45, 2.75) is 25.8 Å². The lowest BCUT2D eigenvalue weighted by atomic mass is 9.92. The fraction of sp³-hybridized carbons (Fsp3) is 0.421. The molecule has 136 valence electrons. The molecule has 0 saturated carbocycles. The third kappa shape index (κ3) is 2.92. The standard InChI is InChI=1S/C19H22FN5O/c1-12(2)25-9-13(6-23-25)16-10-24(8-14(16)11-26)18-3-4-21-17-5-15(20)7-22-19(17)18/h3-7,9,12,14,16,26H,8,10-11H2,1-2H3/t14-,16-/m0/s1. The number of rotatable bonds is 4. The first-order chi connectivity index (χ1) is 12.6. The van der Waals surface area contributed by atoms with E-state index in [4.69, 9.17) is 0 Å². The monoisotopic (exact) mass is 355 g/mol. The Hall–Kier alpha value is -2.54. The number of nitrogens with zero attached hydrogens (tertiary/aromatic N) is 5. The molecule has 1 saturated heterocycles. The Morgan fingerprint density at radius 2 is 2.12 bits per heavy atom. The van der Waals surface area contributed by atoms with Crippen molar-refractivity contribution in [3.8, 4) is 0 Å². The van der Waals surface area contributed by atoms with Crippen LogP contribution in [0.25, 0.3) is 11.0 Å². The Kier molecular flexibility index (Phi) is 4.32. The van der Waals surface area contributed by atoms with Crippen molar-refractivity contribution >= 4 is 16.7 Å². The zero-order valence-corrected chi connectivity index (χ0v) is 14.9. The lowest BCUT2D eigenvalue weighted by Gasteiger charge is -2.19. The molecular weight excluding hydrogens is 333 g/mol. The summed E-state index contributed by atoms with van der Waals surface area (Å²) >= 11 is 0. The summed E-state index contributed by atoms with van der Waals surface area (Å²) in [6.45, 7) is 5.77. The van der Waals surface area contributed by atoms with Gasteiger partial charge in [-0.1, -0.05) is 0 Å². The third-order valence-electron chi connectivity index (χ3n) is 5.12. The van der Waals surface area contributed by atoms with Crippen LogP contribution in [0.1, 0.15) is 31.4 Å². The van der Waals surface area contributed by atoms with Crippen LogP contribution in [0.4, 0.5) is 10.1 Å². The molecule has 0 radical (unpaired) electrons. The van der Waals surface area contributed by atoms with Crippen molar-refractivity contribution in [2.75, 3.05) is 24.6 Å². The summed E-state index contributed by atoms with van der Waals surface area (Å²) in [4.78, 5) is 10.7. The van der Waals surface area contributed by atoms with Gasteiger partial charge in [0.05, 0.1) is 23.6 Å². The minimum atomic E-state index is -0.393. The van der Waals surface area contributed by atoms with Gasteiger partial charge in [0.1, 0.15) is 11.3 Å². The van der Waals surface area contributed by atoms with Crippen LogP contribution in [0.2, 0.25) is 0 Å². The number of anilines is 1. The van der Waals surface area contributed by atoms with Crippen molar-refractivity contribution < 1.29 is 9.50 Å². The summed E-state index contributed by atoms with van der Waals surface area (Å²) in [5, 5.41) is 14.3. The van der Waals surface area contributed by atoms with Crippen molar-refractivity contribution in [1.29, 1.82) is 0 Å². The minimum absolute atomic E-state index is 0.110. The second-order valence-electron chi connectivity index (χ2n) is 7.15. The number of aromatic nitrogens is 4. The van der Waals surface area contributed by atoms with Crippen molar-refractivity contribution in [3.05, 3.63) is 48.3 Å². The number of aliphatic hydroxyl groups excluding tert-OH is 1. The number of hydrogen-bond acceptors (Lipinski definition) is 5. The zero-order chi connectivity index (χ0) is 18.3. The molecule has 6 nitrogen and oxygen atoms in total. The fourth-order valence-electron chi connectivity index (χ4n) is 3.70. The Bertz CT molecular complexity index is 925. The molecule has 1 N–H and O–H groups in total. The van der Waals surface area contributed by atoms with Crippen LogP contribution in [-0.2, 0) is 0 Å². The van der Waals surface area contributed by atoms with Gasteiger partial charge in [-0.05, 0) is 25.5 Å². The van der Waals surface area contributed by atoms with E-state index < -0.39 is 5.82 Å². The molecule has 0 bridgehead atoms. The van der Waals surface area contributed by atoms with Gasteiger partial charge in [0.15, 0.2) is 0 Å². The maximum Gasteiger partial charge on any atom is 0.143 e. The smallest absolute Gasteiger partial charge is 0.143 e. The van der Waals surface area contributed by atoms with Gasteiger partial charge in [0.2, 0.25) is 0 Å². The molecule has 0 aliphatic carbocycles. The second kappa shape index (κ2) is 6.64. The van der Waals surface area contributed by atoms with E-state index in [-0.39, 0.29) is 18.4 Å². The summed E-state index contributed by atoms with van der Waals surface area (Å²) in [7, 11) is 0. The second-order valence-corrected chi connectivity index (χ2v) is 7.15. The maximum atomic E-state index is 13.5. The first-order valence-electron chi connectivity index (χ1n) is 8.87. The van der Waals surface area contributed by atoms with E-state index in [1.165, 1.54) is 12.3 Å². The van der Waals surface area contributed by atoms with Crippen LogP contribution in [-0.4, -0.2) is 44.6 Å². The first-order valence-corrected chi connectivity index (χ1v) is 8.87. The van der Waals surface area contributed by atoms with Gasteiger partial charge in [-0.2, -0.15) is 5.10 Å². The van der Waals surface area contributed by atoms with Crippen LogP contribution in [0.3, 0.4) is 0 Å². The van der Waals surface area contributed by atoms with Gasteiger partial charge in [-0.25, -0.2) is 9.37 Å². The van der Waals surface area contributed by atoms with E-state index >= 15 is 0 Å². The third-order valence-corrected chi connectivity index (χ3v) is 5.12. The predicted octanol–water partition coefficient (Wildman–Crippen LogP) is 2.76. The number of halogens is 1. The highest BCUT2D eigenvalue weighted by Gasteiger charge is 2.35. The van der Waals surface area contributed by atoms with E-state index in [0.717, 1.165) is 17.8 Å². The van der Waals surface area contributed by atoms with Gasteiger partial charge >= 0.3 is 0 Å². The first kappa shape index (κ1) is 16.9. The quantitative estimate of drug-likeness (QED) is 0.779. The van der Waals surface area contributed by atoms with Gasteiger partial charge < -0.3 is 10.0 Å². The topological polar surface area (TPSA) is 67.1 Å². The number of aliphatic hydroxyl groups is 1. The van der Waals surface area contributed by atoms with Crippen molar-refractivity contribution in [2.24, 2.45) is 5.92 Å². The van der Waals surface area contributed by atoms with Gasteiger partial charge in [0, 0.05) is 56.0 Å². The molecule has 0 amide bonds. The molecule has 26 heavy (non-hydrogen) atoms. The molecule has 4 heterocycles. The minimum Gasteiger partial charge on any atom is -0.396 e. The summed E-state index contributed by atoms with van der Waals surface area (Å²) in [6, 6.07) is 3.61. The summed E-state index contributed by atoms with van der Waals surface area (Å²) in [5.41, 5.74) is 3.29. The Balaban J connectivity index is 1.67. The highest BCUT2D eigenvalue weighted by molar-refractivity contribution is 5.87. The average Bonchev–Trinajstić information content (AvgIpc) is 3.27. The lowest BCUT2D eigenvalue weighted by Crippen LogP contribution is -2.21. The van der Waals surface area contributed by atoms with E-state index in [0.29, 0.717) is 23.6 Å². The number of pyridine rings is 2. The summed E-state index contributed by atoms with van der Waals surface area (Å²) in [5.74, 6) is -0.0876. The van der Waals surface area contributed by atoms with E-state index in [2.05, 4.69) is 40.0 Å².